The van der Waals surface area contributed by atoms with E-state index in [1.54, 1.807) is 0 Å². The minimum atomic E-state index is -0.804. The van der Waals surface area contributed by atoms with Gasteiger partial charge in [0.05, 0.1) is 5.56 Å². The van der Waals surface area contributed by atoms with Crippen molar-refractivity contribution >= 4 is 23.6 Å². The molecule has 1 aromatic heterocycles. The topological polar surface area (TPSA) is 70.7 Å². The Labute approximate surface area is 111 Å². The zero-order chi connectivity index (χ0) is 13.8. The molecule has 2 aromatic rings. The first kappa shape index (κ1) is 13.5. The lowest BCUT2D eigenvalue weighted by Gasteiger charge is -2.02. The fourth-order valence-corrected chi connectivity index (χ4v) is 1.87. The van der Waals surface area contributed by atoms with E-state index >= 15 is 0 Å². The molecular weight excluding hydrogens is 274 g/mol. The van der Waals surface area contributed by atoms with E-state index in [1.165, 1.54) is 11.8 Å². The number of hydrogen-bond acceptors (Lipinski definition) is 4. The highest BCUT2D eigenvalue weighted by Gasteiger charge is 2.14. The number of benzene rings is 1. The second-order valence-corrected chi connectivity index (χ2v) is 4.71. The highest BCUT2D eigenvalue weighted by molar-refractivity contribution is 7.99. The van der Waals surface area contributed by atoms with Crippen LogP contribution in [0.2, 0.25) is 0 Å². The number of carbonyl (C=O) groups excluding carboxylic acids is 1. The summed E-state index contributed by atoms with van der Waals surface area (Å²) in [4.78, 5) is 15.7. The molecule has 100 valence electrons. The number of hydrogen-bond donors (Lipinski definition) is 2. The van der Waals surface area contributed by atoms with E-state index in [9.17, 15) is 13.6 Å². The number of halogens is 2. The van der Waals surface area contributed by atoms with E-state index in [0.717, 1.165) is 24.0 Å². The molecule has 1 heterocycles. The molecule has 0 aliphatic rings. The van der Waals surface area contributed by atoms with Crippen LogP contribution in [0.4, 0.5) is 14.7 Å². The van der Waals surface area contributed by atoms with Gasteiger partial charge in [-0.25, -0.2) is 13.9 Å². The molecule has 0 aliphatic heterocycles. The minimum absolute atomic E-state index is 0.0876. The fourth-order valence-electron chi connectivity index (χ4n) is 1.34. The first-order valence-electron chi connectivity index (χ1n) is 5.41. The molecule has 2 N–H and O–H groups in total. The number of rotatable bonds is 4. The van der Waals surface area contributed by atoms with Crippen LogP contribution in [-0.2, 0) is 0 Å². The third-order valence-electron chi connectivity index (χ3n) is 2.14. The van der Waals surface area contributed by atoms with E-state index in [0.29, 0.717) is 5.16 Å². The van der Waals surface area contributed by atoms with Crippen LogP contribution >= 0.6 is 11.8 Å². The molecule has 5 nitrogen and oxygen atoms in total. The highest BCUT2D eigenvalue weighted by atomic mass is 32.2. The predicted octanol–water partition coefficient (Wildman–Crippen LogP) is 2.45. The molecule has 0 saturated carbocycles. The van der Waals surface area contributed by atoms with E-state index in [-0.39, 0.29) is 11.5 Å². The van der Waals surface area contributed by atoms with Crippen LogP contribution in [0.15, 0.2) is 23.4 Å². The second kappa shape index (κ2) is 5.79. The number of anilines is 1. The summed E-state index contributed by atoms with van der Waals surface area (Å²) in [6.07, 6.45) is 0. The third kappa shape index (κ3) is 3.28. The Morgan fingerprint density at radius 2 is 2.26 bits per heavy atom. The van der Waals surface area contributed by atoms with Gasteiger partial charge in [-0.3, -0.25) is 10.1 Å². The van der Waals surface area contributed by atoms with Crippen LogP contribution in [0.1, 0.15) is 17.3 Å². The molecule has 0 bridgehead atoms. The smallest absolute Gasteiger partial charge is 0.261 e. The highest BCUT2D eigenvalue weighted by Crippen LogP contribution is 2.15. The molecule has 8 heteroatoms. The molecule has 0 unspecified atom stereocenters. The average molecular weight is 284 g/mol. The van der Waals surface area contributed by atoms with Crippen LogP contribution in [0, 0.1) is 11.6 Å². The second-order valence-electron chi connectivity index (χ2n) is 3.48. The molecule has 2 rings (SSSR count). The first-order chi connectivity index (χ1) is 9.10. The first-order valence-corrected chi connectivity index (χ1v) is 6.40. The normalized spacial score (nSPS) is 10.5. The van der Waals surface area contributed by atoms with Gasteiger partial charge in [-0.1, -0.05) is 18.7 Å². The Kier molecular flexibility index (Phi) is 4.10. The standard InChI is InChI=1S/C11H10F2N4OS/c1-2-19-11-15-10(16-17-11)14-9(18)7-5-6(12)3-4-8(7)13/h3-5H,2H2,1H3,(H2,14,15,16,17,18). The molecule has 0 spiro atoms. The van der Waals surface area contributed by atoms with E-state index < -0.39 is 17.5 Å². The van der Waals surface area contributed by atoms with Crippen molar-refractivity contribution in [3.8, 4) is 0 Å². The molecule has 0 radical (unpaired) electrons. The maximum absolute atomic E-state index is 13.4. The Balaban J connectivity index is 2.13. The van der Waals surface area contributed by atoms with Crippen LogP contribution in [0.5, 0.6) is 0 Å². The molecule has 1 aromatic carbocycles. The van der Waals surface area contributed by atoms with Gasteiger partial charge in [0.25, 0.3) is 5.91 Å². The predicted molar refractivity (Wildman–Crippen MR) is 67.1 cm³/mol. The summed E-state index contributed by atoms with van der Waals surface area (Å²) in [6.45, 7) is 1.93. The van der Waals surface area contributed by atoms with E-state index in [1.807, 2.05) is 6.92 Å². The molecule has 0 fully saturated rings. The quantitative estimate of drug-likeness (QED) is 0.846. The molecule has 0 aliphatic carbocycles. The van der Waals surface area contributed by atoms with Gasteiger partial charge in [0.2, 0.25) is 11.1 Å². The van der Waals surface area contributed by atoms with Gasteiger partial charge in [-0.05, 0) is 24.0 Å². The van der Waals surface area contributed by atoms with Crippen molar-refractivity contribution in [2.75, 3.05) is 11.1 Å². The van der Waals surface area contributed by atoms with Gasteiger partial charge in [0.15, 0.2) is 0 Å². The number of thioether (sulfide) groups is 1. The number of H-pyrrole nitrogens is 1. The van der Waals surface area contributed by atoms with Crippen LogP contribution in [-0.4, -0.2) is 26.8 Å². The summed E-state index contributed by atoms with van der Waals surface area (Å²) in [5.74, 6) is -1.41. The largest absolute Gasteiger partial charge is 0.291 e. The molecule has 1 amide bonds. The lowest BCUT2D eigenvalue weighted by Crippen LogP contribution is -2.15. The third-order valence-corrected chi connectivity index (χ3v) is 2.87. The Morgan fingerprint density at radius 1 is 1.47 bits per heavy atom. The van der Waals surface area contributed by atoms with Crippen molar-refractivity contribution in [1.29, 1.82) is 0 Å². The summed E-state index contributed by atoms with van der Waals surface area (Å²) in [5, 5.41) is 9.12. The lowest BCUT2D eigenvalue weighted by atomic mass is 10.2. The fraction of sp³-hybridized carbons (Fsp3) is 0.182. The van der Waals surface area contributed by atoms with Crippen LogP contribution < -0.4 is 5.32 Å². The Morgan fingerprint density at radius 3 is 3.00 bits per heavy atom. The van der Waals surface area contributed by atoms with Crippen molar-refractivity contribution in [1.82, 2.24) is 15.2 Å². The Bertz CT molecular complexity index is 602. The summed E-state index contributed by atoms with van der Waals surface area (Å²) in [7, 11) is 0. The number of aromatic nitrogens is 3. The van der Waals surface area contributed by atoms with Gasteiger partial charge < -0.3 is 0 Å². The van der Waals surface area contributed by atoms with Crippen LogP contribution in [0.25, 0.3) is 0 Å². The van der Waals surface area contributed by atoms with Crippen molar-refractivity contribution in [2.45, 2.75) is 12.1 Å². The van der Waals surface area contributed by atoms with Gasteiger partial charge in [-0.2, -0.15) is 4.98 Å². The molecular formula is C11H10F2N4OS. The van der Waals surface area contributed by atoms with Gasteiger partial charge in [0.1, 0.15) is 11.6 Å². The maximum atomic E-state index is 13.4. The molecule has 19 heavy (non-hydrogen) atoms. The van der Waals surface area contributed by atoms with Crippen molar-refractivity contribution in [3.05, 3.63) is 35.4 Å². The summed E-state index contributed by atoms with van der Waals surface area (Å²) >= 11 is 1.39. The van der Waals surface area contributed by atoms with E-state index in [4.69, 9.17) is 0 Å². The number of amides is 1. The van der Waals surface area contributed by atoms with Crippen LogP contribution in [0.3, 0.4) is 0 Å². The SMILES string of the molecule is CCSc1n[nH]c(NC(=O)c2cc(F)ccc2F)n1. The zero-order valence-corrected chi connectivity index (χ0v) is 10.7. The van der Waals surface area contributed by atoms with Crippen molar-refractivity contribution in [3.63, 3.8) is 0 Å². The average Bonchev–Trinajstić information content (AvgIpc) is 2.80. The van der Waals surface area contributed by atoms with Crippen molar-refractivity contribution in [2.24, 2.45) is 0 Å². The summed E-state index contributed by atoms with van der Waals surface area (Å²) in [5.41, 5.74) is -0.388. The molecule has 0 saturated heterocycles. The monoisotopic (exact) mass is 284 g/mol. The summed E-state index contributed by atoms with van der Waals surface area (Å²) in [6, 6.07) is 2.66. The van der Waals surface area contributed by atoms with Gasteiger partial charge in [0, 0.05) is 0 Å². The maximum Gasteiger partial charge on any atom is 0.261 e. The number of aromatic amines is 1. The lowest BCUT2D eigenvalue weighted by molar-refractivity contribution is 0.102. The number of carbonyl (C=O) groups is 1. The Hall–Kier alpha value is -1.96. The zero-order valence-electron chi connectivity index (χ0n) is 9.91. The minimum Gasteiger partial charge on any atom is -0.291 e. The van der Waals surface area contributed by atoms with Crippen molar-refractivity contribution < 1.29 is 13.6 Å². The van der Waals surface area contributed by atoms with E-state index in [2.05, 4.69) is 20.5 Å². The number of nitrogens with one attached hydrogen (secondary N) is 2. The van der Waals surface area contributed by atoms with Gasteiger partial charge >= 0.3 is 0 Å². The van der Waals surface area contributed by atoms with Gasteiger partial charge in [-0.15, -0.1) is 5.10 Å². The molecule has 0 atom stereocenters. The number of nitrogens with zero attached hydrogens (tertiary/aromatic N) is 2. The summed E-state index contributed by atoms with van der Waals surface area (Å²) < 4.78 is 26.3.